The number of benzene rings is 1. The third-order valence-electron chi connectivity index (χ3n) is 6.01. The number of imidazole rings is 1. The maximum absolute atomic E-state index is 12.7. The van der Waals surface area contributed by atoms with Gasteiger partial charge in [-0.15, -0.1) is 0 Å². The second-order valence-corrected chi connectivity index (χ2v) is 8.90. The minimum atomic E-state index is -0.833. The normalized spacial score (nSPS) is 18.3. The van der Waals surface area contributed by atoms with Gasteiger partial charge >= 0.3 is 0 Å². The number of hydrogen-bond acceptors (Lipinski definition) is 6. The summed E-state index contributed by atoms with van der Waals surface area (Å²) in [5.41, 5.74) is 2.51. The van der Waals surface area contributed by atoms with Crippen molar-refractivity contribution in [1.29, 1.82) is 0 Å². The molecule has 10 nitrogen and oxygen atoms in total. The van der Waals surface area contributed by atoms with Crippen molar-refractivity contribution in [3.05, 3.63) is 52.6 Å². The number of fused-ring (bicyclic) bond motifs is 1. The molecule has 0 bridgehead atoms. The minimum absolute atomic E-state index is 0.0234. The van der Waals surface area contributed by atoms with Crippen LogP contribution in [0.4, 0.5) is 0 Å². The fraction of sp³-hybridized carbons (Fsp3) is 0.440. The van der Waals surface area contributed by atoms with Gasteiger partial charge in [0.1, 0.15) is 5.82 Å². The first-order valence-corrected chi connectivity index (χ1v) is 11.5. The molecule has 0 amide bonds. The van der Waals surface area contributed by atoms with Gasteiger partial charge in [0.2, 0.25) is 0 Å². The molecule has 1 spiro atoms. The second kappa shape index (κ2) is 11.3. The average Bonchev–Trinajstić information content (AvgIpc) is 3.41. The van der Waals surface area contributed by atoms with Crippen LogP contribution in [-0.2, 0) is 14.3 Å². The first kappa shape index (κ1) is 26.1. The average molecular weight is 485 g/mol. The number of pyridine rings is 1. The summed E-state index contributed by atoms with van der Waals surface area (Å²) < 4.78 is 8.38. The van der Waals surface area contributed by atoms with Gasteiger partial charge in [-0.3, -0.25) is 14.4 Å². The van der Waals surface area contributed by atoms with E-state index in [-0.39, 0.29) is 17.2 Å². The predicted molar refractivity (Wildman–Crippen MR) is 132 cm³/mol. The molecule has 2 saturated heterocycles. The van der Waals surface area contributed by atoms with E-state index in [1.54, 1.807) is 6.20 Å². The van der Waals surface area contributed by atoms with Crippen LogP contribution in [0.1, 0.15) is 44.7 Å². The number of carbonyl (C=O) groups is 2. The lowest BCUT2D eigenvalue weighted by Gasteiger charge is -2.33. The number of H-pyrrole nitrogens is 1. The summed E-state index contributed by atoms with van der Waals surface area (Å²) in [5.74, 6) is -0.945. The first-order valence-electron chi connectivity index (χ1n) is 11.5. The third kappa shape index (κ3) is 6.77. The Balaban J connectivity index is 0.000000376. The highest BCUT2D eigenvalue weighted by molar-refractivity contribution is 5.83. The van der Waals surface area contributed by atoms with Crippen LogP contribution in [0, 0.1) is 6.92 Å². The Morgan fingerprint density at radius 2 is 1.80 bits per heavy atom. The smallest absolute Gasteiger partial charge is 0.300 e. The highest BCUT2D eigenvalue weighted by Gasteiger charge is 2.42. The van der Waals surface area contributed by atoms with Crippen molar-refractivity contribution in [3.63, 3.8) is 0 Å². The van der Waals surface area contributed by atoms with Gasteiger partial charge in [0.05, 0.1) is 23.8 Å². The molecule has 35 heavy (non-hydrogen) atoms. The molecule has 0 aliphatic carbocycles. The Morgan fingerprint density at radius 1 is 1.14 bits per heavy atom. The molecule has 188 valence electrons. The van der Waals surface area contributed by atoms with E-state index in [0.29, 0.717) is 12.2 Å². The molecule has 2 fully saturated rings. The van der Waals surface area contributed by atoms with E-state index >= 15 is 0 Å². The highest BCUT2D eigenvalue weighted by atomic mass is 16.5. The molecule has 0 radical (unpaired) electrons. The van der Waals surface area contributed by atoms with E-state index in [1.165, 1.54) is 5.56 Å². The maximum atomic E-state index is 12.7. The maximum Gasteiger partial charge on any atom is 0.300 e. The number of aromatic nitrogens is 3. The largest absolute Gasteiger partial charge is 0.481 e. The molecule has 2 aliphatic rings. The van der Waals surface area contributed by atoms with E-state index < -0.39 is 11.9 Å². The summed E-state index contributed by atoms with van der Waals surface area (Å²) in [4.78, 5) is 38.3. The third-order valence-corrected chi connectivity index (χ3v) is 6.01. The topological polar surface area (TPSA) is 147 Å². The van der Waals surface area contributed by atoms with Crippen LogP contribution in [0.25, 0.3) is 22.3 Å². The monoisotopic (exact) mass is 484 g/mol. The molecule has 1 aromatic carbocycles. The molecule has 2 aromatic heterocycles. The van der Waals surface area contributed by atoms with Crippen molar-refractivity contribution in [3.8, 4) is 11.4 Å². The van der Waals surface area contributed by atoms with Crippen LogP contribution in [0.15, 0.2) is 41.5 Å². The fourth-order valence-electron chi connectivity index (χ4n) is 4.54. The number of aromatic amines is 1. The molecule has 1 unspecified atom stereocenters. The Hall–Kier alpha value is -3.50. The van der Waals surface area contributed by atoms with E-state index in [4.69, 9.17) is 24.5 Å². The van der Waals surface area contributed by atoms with Crippen molar-refractivity contribution in [2.75, 3.05) is 19.7 Å². The zero-order valence-electron chi connectivity index (χ0n) is 20.2. The van der Waals surface area contributed by atoms with Crippen LogP contribution in [0.5, 0.6) is 0 Å². The van der Waals surface area contributed by atoms with Crippen LogP contribution in [0.3, 0.4) is 0 Å². The molecule has 3 aromatic rings. The number of aryl methyl sites for hydroxylation is 1. The van der Waals surface area contributed by atoms with Crippen molar-refractivity contribution in [2.45, 2.75) is 51.7 Å². The van der Waals surface area contributed by atoms with Crippen molar-refractivity contribution >= 4 is 22.8 Å². The van der Waals surface area contributed by atoms with Crippen LogP contribution in [0.2, 0.25) is 0 Å². The lowest BCUT2D eigenvalue weighted by Crippen LogP contribution is -2.41. The number of carboxylic acid groups (broad SMARTS) is 2. The number of rotatable bonds is 2. The second-order valence-electron chi connectivity index (χ2n) is 8.90. The molecule has 5 rings (SSSR count). The number of carboxylic acids is 2. The van der Waals surface area contributed by atoms with E-state index in [0.717, 1.165) is 62.9 Å². The summed E-state index contributed by atoms with van der Waals surface area (Å²) in [6.07, 6.45) is 6.82. The minimum Gasteiger partial charge on any atom is -0.481 e. The molecule has 2 aliphatic heterocycles. The molecular formula is C25H32N4O6. The number of piperidine rings is 1. The summed E-state index contributed by atoms with van der Waals surface area (Å²) in [7, 11) is 0. The highest BCUT2D eigenvalue weighted by Crippen LogP contribution is 2.40. The van der Waals surface area contributed by atoms with Gasteiger partial charge in [-0.1, -0.05) is 11.6 Å². The first-order chi connectivity index (χ1) is 16.6. The van der Waals surface area contributed by atoms with Crippen LogP contribution in [-0.4, -0.2) is 62.0 Å². The summed E-state index contributed by atoms with van der Waals surface area (Å²) in [5, 5.41) is 19.3. The Labute approximate surface area is 203 Å². The van der Waals surface area contributed by atoms with Crippen LogP contribution >= 0.6 is 0 Å². The number of nitrogens with zero attached hydrogens (tertiary/aromatic N) is 2. The van der Waals surface area contributed by atoms with Gasteiger partial charge in [0.25, 0.3) is 17.5 Å². The Kier molecular flexibility index (Phi) is 8.42. The van der Waals surface area contributed by atoms with Gasteiger partial charge in [0, 0.05) is 31.8 Å². The molecule has 4 heterocycles. The fourth-order valence-corrected chi connectivity index (χ4v) is 4.54. The zero-order valence-corrected chi connectivity index (χ0v) is 20.2. The molecular weight excluding hydrogens is 452 g/mol. The van der Waals surface area contributed by atoms with Gasteiger partial charge in [0.15, 0.2) is 0 Å². The van der Waals surface area contributed by atoms with Crippen molar-refractivity contribution in [2.24, 2.45) is 0 Å². The SMILES string of the molecule is CC(=O)O.CC(=O)O.Cc1ccc2[nH]c(=O)c(-c3nccn3C3COC4(CCNCC4)C3)cc2c1. The molecule has 1 atom stereocenters. The number of aliphatic carboxylic acids is 2. The lowest BCUT2D eigenvalue weighted by molar-refractivity contribution is -0.135. The summed E-state index contributed by atoms with van der Waals surface area (Å²) in [6.45, 7) is 6.91. The number of nitrogens with one attached hydrogen (secondary N) is 2. The summed E-state index contributed by atoms with van der Waals surface area (Å²) >= 11 is 0. The van der Waals surface area contributed by atoms with Gasteiger partial charge < -0.3 is 29.8 Å². The predicted octanol–water partition coefficient (Wildman–Crippen LogP) is 2.97. The van der Waals surface area contributed by atoms with E-state index in [1.807, 2.05) is 24.4 Å². The molecule has 0 saturated carbocycles. The number of hydrogen-bond donors (Lipinski definition) is 4. The Morgan fingerprint density at radius 3 is 2.46 bits per heavy atom. The Bertz CT molecular complexity index is 1220. The van der Waals surface area contributed by atoms with E-state index in [2.05, 4.69) is 32.8 Å². The lowest BCUT2D eigenvalue weighted by atomic mass is 9.88. The quantitative estimate of drug-likeness (QED) is 0.434. The summed E-state index contributed by atoms with van der Waals surface area (Å²) in [6, 6.07) is 8.22. The van der Waals surface area contributed by atoms with Gasteiger partial charge in [-0.25, -0.2) is 4.98 Å². The van der Waals surface area contributed by atoms with E-state index in [9.17, 15) is 4.79 Å². The van der Waals surface area contributed by atoms with Gasteiger partial charge in [-0.05, 0) is 62.9 Å². The number of ether oxygens (including phenoxy) is 1. The van der Waals surface area contributed by atoms with Crippen molar-refractivity contribution < 1.29 is 24.5 Å². The zero-order chi connectivity index (χ0) is 25.6. The van der Waals surface area contributed by atoms with Crippen LogP contribution < -0.4 is 10.9 Å². The standard InChI is InChI=1S/C21H24N4O2.2C2H4O2/c1-14-2-3-18-15(10-14)11-17(20(26)24-18)19-23-8-9-25(19)16-12-21(27-13-16)4-6-22-7-5-21;2*1-2(3)4/h2-3,8-11,16,22H,4-7,12-13H2,1H3,(H,24,26);2*1H3,(H,3,4). The van der Waals surface area contributed by atoms with Gasteiger partial charge in [-0.2, -0.15) is 0 Å². The van der Waals surface area contributed by atoms with Crippen molar-refractivity contribution in [1.82, 2.24) is 19.9 Å². The molecule has 4 N–H and O–H groups in total. The molecule has 10 heteroatoms.